The van der Waals surface area contributed by atoms with E-state index in [9.17, 15) is 0 Å². The van der Waals surface area contributed by atoms with Crippen LogP contribution in [0.3, 0.4) is 0 Å². The lowest BCUT2D eigenvalue weighted by Gasteiger charge is -2.23. The molecule has 1 atom stereocenters. The number of pyridine rings is 1. The number of ether oxygens (including phenoxy) is 1. The Kier molecular flexibility index (Phi) is 6.77. The van der Waals surface area contributed by atoms with Crippen molar-refractivity contribution in [3.63, 3.8) is 0 Å². The van der Waals surface area contributed by atoms with Gasteiger partial charge in [0, 0.05) is 46.0 Å². The highest BCUT2D eigenvalue weighted by Crippen LogP contribution is 2.11. The third kappa shape index (κ3) is 5.14. The maximum atomic E-state index is 5.66. The summed E-state index contributed by atoms with van der Waals surface area (Å²) in [6, 6.07) is 4.54. The van der Waals surface area contributed by atoms with Crippen LogP contribution in [0.1, 0.15) is 12.5 Å². The number of hydrogen-bond acceptors (Lipinski definition) is 5. The van der Waals surface area contributed by atoms with Crippen molar-refractivity contribution in [2.24, 2.45) is 5.73 Å². The molecule has 0 aliphatic rings. The van der Waals surface area contributed by atoms with Crippen LogP contribution < -0.4 is 10.6 Å². The molecule has 0 radical (unpaired) electrons. The highest BCUT2D eigenvalue weighted by Gasteiger charge is 2.08. The van der Waals surface area contributed by atoms with E-state index in [0.29, 0.717) is 19.2 Å². The summed E-state index contributed by atoms with van der Waals surface area (Å²) in [5, 5.41) is 0. The molecule has 5 nitrogen and oxygen atoms in total. The predicted octanol–water partition coefficient (Wildman–Crippen LogP) is 0.943. The molecule has 1 rings (SSSR count). The van der Waals surface area contributed by atoms with Crippen molar-refractivity contribution < 1.29 is 4.74 Å². The van der Waals surface area contributed by atoms with E-state index < -0.39 is 0 Å². The number of aromatic nitrogens is 1. The average Bonchev–Trinajstić information content (AvgIpc) is 2.44. The van der Waals surface area contributed by atoms with Crippen LogP contribution in [0.15, 0.2) is 18.3 Å². The van der Waals surface area contributed by atoms with Gasteiger partial charge in [0.15, 0.2) is 0 Å². The maximum Gasteiger partial charge on any atom is 0.128 e. The summed E-state index contributed by atoms with van der Waals surface area (Å²) in [7, 11) is 5.80. The molecule has 1 aromatic rings. The lowest BCUT2D eigenvalue weighted by molar-refractivity contribution is 0.206. The minimum atomic E-state index is 0.379. The highest BCUT2D eigenvalue weighted by atomic mass is 16.5. The zero-order valence-corrected chi connectivity index (χ0v) is 12.5. The molecule has 108 valence electrons. The van der Waals surface area contributed by atoms with Gasteiger partial charge in [-0.1, -0.05) is 6.07 Å². The van der Waals surface area contributed by atoms with Gasteiger partial charge in [0.25, 0.3) is 0 Å². The molecule has 0 aromatic carbocycles. The lowest BCUT2D eigenvalue weighted by atomic mass is 10.2. The average molecular weight is 266 g/mol. The van der Waals surface area contributed by atoms with Gasteiger partial charge in [-0.05, 0) is 25.6 Å². The Morgan fingerprint density at radius 3 is 2.63 bits per heavy atom. The normalized spacial score (nSPS) is 12.7. The van der Waals surface area contributed by atoms with Crippen molar-refractivity contribution >= 4 is 5.82 Å². The zero-order chi connectivity index (χ0) is 14.3. The van der Waals surface area contributed by atoms with Crippen LogP contribution in [0.5, 0.6) is 0 Å². The number of rotatable bonds is 8. The third-order valence-electron chi connectivity index (χ3n) is 3.36. The van der Waals surface area contributed by atoms with Gasteiger partial charge in [-0.25, -0.2) is 4.98 Å². The van der Waals surface area contributed by atoms with Crippen LogP contribution in [0.25, 0.3) is 0 Å². The summed E-state index contributed by atoms with van der Waals surface area (Å²) in [5.41, 5.74) is 6.86. The molecule has 0 bridgehead atoms. The van der Waals surface area contributed by atoms with Crippen LogP contribution in [0.2, 0.25) is 0 Å². The molecule has 1 heterocycles. The second-order valence-electron chi connectivity index (χ2n) is 4.94. The molecule has 0 aliphatic carbocycles. The summed E-state index contributed by atoms with van der Waals surface area (Å²) < 4.78 is 5.06. The van der Waals surface area contributed by atoms with Crippen molar-refractivity contribution in [3.05, 3.63) is 23.9 Å². The van der Waals surface area contributed by atoms with Gasteiger partial charge in [0.05, 0.1) is 6.61 Å². The Morgan fingerprint density at radius 2 is 2.11 bits per heavy atom. The number of anilines is 1. The smallest absolute Gasteiger partial charge is 0.128 e. The summed E-state index contributed by atoms with van der Waals surface area (Å²) in [4.78, 5) is 8.79. The monoisotopic (exact) mass is 266 g/mol. The van der Waals surface area contributed by atoms with Gasteiger partial charge in [-0.2, -0.15) is 0 Å². The molecule has 2 N–H and O–H groups in total. The fourth-order valence-corrected chi connectivity index (χ4v) is 1.70. The molecule has 5 heteroatoms. The fraction of sp³-hybridized carbons (Fsp3) is 0.643. The van der Waals surface area contributed by atoms with Crippen molar-refractivity contribution in [3.8, 4) is 0 Å². The van der Waals surface area contributed by atoms with Crippen molar-refractivity contribution in [2.45, 2.75) is 19.5 Å². The summed E-state index contributed by atoms with van der Waals surface area (Å²) in [6.07, 6.45) is 1.93. The molecule has 0 saturated carbocycles. The van der Waals surface area contributed by atoms with E-state index in [1.165, 1.54) is 5.56 Å². The molecule has 1 aromatic heterocycles. The van der Waals surface area contributed by atoms with Crippen molar-refractivity contribution in [1.82, 2.24) is 9.88 Å². The van der Waals surface area contributed by atoms with Crippen LogP contribution in [-0.2, 0) is 11.3 Å². The largest absolute Gasteiger partial charge is 0.383 e. The zero-order valence-electron chi connectivity index (χ0n) is 12.5. The molecule has 0 aliphatic heterocycles. The first-order valence-electron chi connectivity index (χ1n) is 6.63. The Hall–Kier alpha value is -1.17. The molecular formula is C14H26N4O. The van der Waals surface area contributed by atoms with Crippen LogP contribution in [0, 0.1) is 0 Å². The summed E-state index contributed by atoms with van der Waals surface area (Å²) in [6.45, 7) is 5.21. The Morgan fingerprint density at radius 1 is 1.37 bits per heavy atom. The van der Waals surface area contributed by atoms with Gasteiger partial charge < -0.3 is 15.4 Å². The number of hydrogen-bond donors (Lipinski definition) is 1. The van der Waals surface area contributed by atoms with E-state index in [1.807, 2.05) is 19.3 Å². The molecule has 0 fully saturated rings. The molecule has 0 spiro atoms. The maximum absolute atomic E-state index is 5.66. The number of methoxy groups -OCH3 is 1. The first kappa shape index (κ1) is 15.9. The summed E-state index contributed by atoms with van der Waals surface area (Å²) >= 11 is 0. The first-order chi connectivity index (χ1) is 9.08. The van der Waals surface area contributed by atoms with E-state index in [2.05, 4.69) is 34.8 Å². The van der Waals surface area contributed by atoms with Gasteiger partial charge in [0.1, 0.15) is 5.82 Å². The third-order valence-corrected chi connectivity index (χ3v) is 3.36. The Bertz CT molecular complexity index is 355. The Balaban J connectivity index is 2.56. The molecule has 0 amide bonds. The van der Waals surface area contributed by atoms with Gasteiger partial charge in [-0.15, -0.1) is 0 Å². The minimum absolute atomic E-state index is 0.379. The minimum Gasteiger partial charge on any atom is -0.383 e. The van der Waals surface area contributed by atoms with E-state index in [1.54, 1.807) is 7.11 Å². The van der Waals surface area contributed by atoms with E-state index >= 15 is 0 Å². The van der Waals surface area contributed by atoms with Crippen LogP contribution >= 0.6 is 0 Å². The van der Waals surface area contributed by atoms with E-state index in [-0.39, 0.29) is 0 Å². The van der Waals surface area contributed by atoms with Gasteiger partial charge >= 0.3 is 0 Å². The van der Waals surface area contributed by atoms with Gasteiger partial charge in [0.2, 0.25) is 0 Å². The summed E-state index contributed by atoms with van der Waals surface area (Å²) in [5.74, 6) is 0.968. The Labute approximate surface area is 116 Å². The van der Waals surface area contributed by atoms with Gasteiger partial charge in [-0.3, -0.25) is 4.90 Å². The highest BCUT2D eigenvalue weighted by molar-refractivity contribution is 5.38. The van der Waals surface area contributed by atoms with Crippen LogP contribution in [-0.4, -0.2) is 56.8 Å². The fourth-order valence-electron chi connectivity index (χ4n) is 1.70. The number of nitrogens with zero attached hydrogens (tertiary/aromatic N) is 3. The molecular weight excluding hydrogens is 240 g/mol. The van der Waals surface area contributed by atoms with Crippen molar-refractivity contribution in [2.75, 3.05) is 45.8 Å². The number of likely N-dealkylation sites (N-methyl/N-ethyl adjacent to an activating group) is 2. The van der Waals surface area contributed by atoms with Crippen molar-refractivity contribution in [1.29, 1.82) is 0 Å². The molecule has 19 heavy (non-hydrogen) atoms. The first-order valence-corrected chi connectivity index (χ1v) is 6.63. The predicted molar refractivity (Wildman–Crippen MR) is 79.4 cm³/mol. The topological polar surface area (TPSA) is 54.6 Å². The standard InChI is InChI=1S/C14H26N4O/c1-12(9-15)18(3)11-13-5-6-14(16-10-13)17(2)7-8-19-4/h5-6,10,12H,7-9,11,15H2,1-4H3. The van der Waals surface area contributed by atoms with Crippen LogP contribution in [0.4, 0.5) is 5.82 Å². The number of nitrogens with two attached hydrogens (primary N) is 1. The lowest BCUT2D eigenvalue weighted by Crippen LogP contribution is -2.34. The van der Waals surface area contributed by atoms with E-state index in [0.717, 1.165) is 18.9 Å². The molecule has 1 unspecified atom stereocenters. The second-order valence-corrected chi connectivity index (χ2v) is 4.94. The quantitative estimate of drug-likeness (QED) is 0.759. The molecule has 0 saturated heterocycles. The van der Waals surface area contributed by atoms with E-state index in [4.69, 9.17) is 10.5 Å². The second kappa shape index (κ2) is 8.09. The SMILES string of the molecule is COCCN(C)c1ccc(CN(C)C(C)CN)cn1.